The van der Waals surface area contributed by atoms with E-state index >= 15 is 0 Å². The molecule has 4 aliphatic rings. The maximum absolute atomic E-state index is 2.58. The molecule has 0 fully saturated rings. The number of hydrogen-bond donors (Lipinski definition) is 0. The fraction of sp³-hybridized carbons (Fsp3) is 0.138. The van der Waals surface area contributed by atoms with Crippen molar-refractivity contribution < 1.29 is 0 Å². The third-order valence-corrected chi connectivity index (χ3v) is 13.7. The summed E-state index contributed by atoms with van der Waals surface area (Å²) in [5.41, 5.74) is 17.3. The van der Waals surface area contributed by atoms with Crippen molar-refractivity contribution in [2.75, 3.05) is 4.90 Å². The highest BCUT2D eigenvalue weighted by atomic mass is 15.2. The van der Waals surface area contributed by atoms with E-state index in [1.165, 1.54) is 78.1 Å². The van der Waals surface area contributed by atoms with Gasteiger partial charge in [0.15, 0.2) is 0 Å². The summed E-state index contributed by atoms with van der Waals surface area (Å²) >= 11 is 0. The number of fused-ring (bicyclic) bond motifs is 5. The average molecular weight is 758 g/mol. The molecule has 0 N–H and O–H groups in total. The Bertz CT molecular complexity index is 2840. The molecule has 7 aromatic rings. The van der Waals surface area contributed by atoms with Gasteiger partial charge in [-0.2, -0.15) is 0 Å². The Morgan fingerprint density at radius 1 is 0.475 bits per heavy atom. The number of rotatable bonds is 7. The van der Waals surface area contributed by atoms with Crippen LogP contribution in [0.2, 0.25) is 0 Å². The predicted octanol–water partition coefficient (Wildman–Crippen LogP) is 13.8. The summed E-state index contributed by atoms with van der Waals surface area (Å²) in [5, 5.41) is 0. The summed E-state index contributed by atoms with van der Waals surface area (Å²) in [5.74, 6) is 0.846. The van der Waals surface area contributed by atoms with Gasteiger partial charge in [-0.25, -0.2) is 0 Å². The van der Waals surface area contributed by atoms with Crippen LogP contribution >= 0.6 is 0 Å². The molecule has 59 heavy (non-hydrogen) atoms. The molecule has 0 saturated carbocycles. The molecule has 11 rings (SSSR count). The van der Waals surface area contributed by atoms with Crippen LogP contribution in [0.15, 0.2) is 224 Å². The van der Waals surface area contributed by atoms with Crippen LogP contribution in [0.5, 0.6) is 0 Å². The lowest BCUT2D eigenvalue weighted by Gasteiger charge is -2.49. The zero-order chi connectivity index (χ0) is 39.6. The van der Waals surface area contributed by atoms with Crippen molar-refractivity contribution in [3.8, 4) is 22.3 Å². The summed E-state index contributed by atoms with van der Waals surface area (Å²) in [6, 6.07) is 67.0. The van der Waals surface area contributed by atoms with E-state index < -0.39 is 10.8 Å². The van der Waals surface area contributed by atoms with Crippen molar-refractivity contribution in [2.45, 2.75) is 37.1 Å². The largest absolute Gasteiger partial charge is 0.337 e. The summed E-state index contributed by atoms with van der Waals surface area (Å²) in [6.45, 7) is 4.68. The molecule has 0 aromatic heterocycles. The first-order valence-electron chi connectivity index (χ1n) is 21.3. The van der Waals surface area contributed by atoms with Gasteiger partial charge in [-0.3, -0.25) is 0 Å². The molecule has 0 bridgehead atoms. The average Bonchev–Trinajstić information content (AvgIpc) is 3.61. The normalized spacial score (nSPS) is 23.2. The van der Waals surface area contributed by atoms with E-state index in [-0.39, 0.29) is 6.04 Å². The number of hydrogen-bond acceptors (Lipinski definition) is 1. The summed E-state index contributed by atoms with van der Waals surface area (Å²) in [7, 11) is 0. The van der Waals surface area contributed by atoms with E-state index in [9.17, 15) is 0 Å². The minimum Gasteiger partial charge on any atom is -0.337 e. The fourth-order valence-electron chi connectivity index (χ4n) is 11.2. The monoisotopic (exact) mass is 757 g/mol. The van der Waals surface area contributed by atoms with Gasteiger partial charge in [-0.05, 0) is 109 Å². The second-order valence-corrected chi connectivity index (χ2v) is 16.8. The van der Waals surface area contributed by atoms with Crippen LogP contribution in [0, 0.1) is 11.8 Å². The lowest BCUT2D eigenvalue weighted by molar-refractivity contribution is 0.549. The van der Waals surface area contributed by atoms with Gasteiger partial charge in [0.25, 0.3) is 0 Å². The molecule has 7 aromatic carbocycles. The van der Waals surface area contributed by atoms with Crippen LogP contribution < -0.4 is 4.90 Å². The highest BCUT2D eigenvalue weighted by molar-refractivity contribution is 5.92. The maximum Gasteiger partial charge on any atom is 0.0720 e. The van der Waals surface area contributed by atoms with E-state index in [1.54, 1.807) is 0 Å². The molecule has 0 amide bonds. The van der Waals surface area contributed by atoms with Gasteiger partial charge in [0, 0.05) is 11.4 Å². The quantitative estimate of drug-likeness (QED) is 0.156. The second kappa shape index (κ2) is 14.0. The zero-order valence-corrected chi connectivity index (χ0v) is 33.7. The topological polar surface area (TPSA) is 3.24 Å². The molecule has 0 aliphatic heterocycles. The molecule has 0 radical (unpaired) electrons. The van der Waals surface area contributed by atoms with Gasteiger partial charge in [-0.15, -0.1) is 0 Å². The standard InChI is InChI=1S/C58H47N/c1-40-19-9-15-33-54(40)59(55-34-16-10-20-41(55)2)47-37-35-42(36-38-47)43-21-17-26-46(39-43)57(44-22-5-3-6-23-44)51-30-13-14-31-52(51)58(45-24-7-4-8-25-45)50-29-12-11-27-48(50)49-28-18-32-53(57)56(49)58/h3-19,21-41,54H,20H2,1-2H3/t40-,41?,54?,57?,58?/m1/s1. The van der Waals surface area contributed by atoms with Crippen LogP contribution in [-0.4, -0.2) is 6.04 Å². The Morgan fingerprint density at radius 3 is 1.80 bits per heavy atom. The first-order chi connectivity index (χ1) is 29.1. The molecule has 284 valence electrons. The molecule has 4 aliphatic carbocycles. The zero-order valence-electron chi connectivity index (χ0n) is 33.7. The Morgan fingerprint density at radius 2 is 1.07 bits per heavy atom. The van der Waals surface area contributed by atoms with Gasteiger partial charge in [-0.1, -0.05) is 208 Å². The predicted molar refractivity (Wildman–Crippen MR) is 246 cm³/mol. The molecule has 1 nitrogen and oxygen atoms in total. The molecular weight excluding hydrogens is 711 g/mol. The highest BCUT2D eigenvalue weighted by Gasteiger charge is 2.57. The van der Waals surface area contributed by atoms with Crippen molar-refractivity contribution in [3.63, 3.8) is 0 Å². The van der Waals surface area contributed by atoms with Crippen LogP contribution in [0.3, 0.4) is 0 Å². The lowest BCUT2D eigenvalue weighted by atomic mass is 9.51. The summed E-state index contributed by atoms with van der Waals surface area (Å²) < 4.78 is 0. The third-order valence-electron chi connectivity index (χ3n) is 13.7. The van der Waals surface area contributed by atoms with Gasteiger partial charge < -0.3 is 4.90 Å². The van der Waals surface area contributed by atoms with Crippen LogP contribution in [-0.2, 0) is 10.8 Å². The number of nitrogens with zero attached hydrogens (tertiary/aromatic N) is 1. The highest BCUT2D eigenvalue weighted by Crippen LogP contribution is 2.65. The minimum atomic E-state index is -0.579. The molecule has 0 heterocycles. The van der Waals surface area contributed by atoms with Gasteiger partial charge in [0.2, 0.25) is 0 Å². The van der Waals surface area contributed by atoms with Gasteiger partial charge in [0.1, 0.15) is 0 Å². The Balaban J connectivity index is 1.12. The van der Waals surface area contributed by atoms with E-state index in [0.717, 1.165) is 6.42 Å². The van der Waals surface area contributed by atoms with Gasteiger partial charge in [0.05, 0.1) is 16.9 Å². The summed E-state index contributed by atoms with van der Waals surface area (Å²) in [4.78, 5) is 2.58. The van der Waals surface area contributed by atoms with Crippen LogP contribution in [0.4, 0.5) is 5.69 Å². The molecular formula is C58H47N. The fourth-order valence-corrected chi connectivity index (χ4v) is 11.2. The van der Waals surface area contributed by atoms with Crippen molar-refractivity contribution in [3.05, 3.63) is 269 Å². The van der Waals surface area contributed by atoms with E-state index in [4.69, 9.17) is 0 Å². The number of allylic oxidation sites excluding steroid dienone is 6. The molecule has 0 spiro atoms. The maximum atomic E-state index is 2.58. The summed E-state index contributed by atoms with van der Waals surface area (Å²) in [6.07, 6.45) is 17.0. The third kappa shape index (κ3) is 5.17. The first kappa shape index (κ1) is 35.5. The first-order valence-corrected chi connectivity index (χ1v) is 21.3. The smallest absolute Gasteiger partial charge is 0.0720 e. The SMILES string of the molecule is CC1CC=CC=C1N(c1ccc(-c2cccc(C3(c4ccccc4)c4ccccc4C4(c5ccccc5)c5ccccc5-c5cccc3c54)c2)cc1)C1C=CC=C[C@H]1C. The van der Waals surface area contributed by atoms with Crippen molar-refractivity contribution in [2.24, 2.45) is 11.8 Å². The lowest BCUT2D eigenvalue weighted by Crippen LogP contribution is -2.44. The Kier molecular flexibility index (Phi) is 8.41. The Hall–Kier alpha value is -6.70. The number of benzene rings is 7. The van der Waals surface area contributed by atoms with Crippen molar-refractivity contribution >= 4 is 5.69 Å². The molecule has 4 unspecified atom stereocenters. The second-order valence-electron chi connectivity index (χ2n) is 16.8. The molecule has 5 atom stereocenters. The van der Waals surface area contributed by atoms with Gasteiger partial charge >= 0.3 is 0 Å². The minimum absolute atomic E-state index is 0.258. The number of anilines is 1. The molecule has 1 heteroatoms. The van der Waals surface area contributed by atoms with Crippen LogP contribution in [0.1, 0.15) is 64.8 Å². The van der Waals surface area contributed by atoms with E-state index in [1.807, 2.05) is 0 Å². The Labute approximate surface area is 349 Å². The van der Waals surface area contributed by atoms with Crippen LogP contribution in [0.25, 0.3) is 22.3 Å². The van der Waals surface area contributed by atoms with Crippen molar-refractivity contribution in [1.82, 2.24) is 0 Å². The molecule has 0 saturated heterocycles. The van der Waals surface area contributed by atoms with Crippen molar-refractivity contribution in [1.29, 1.82) is 0 Å². The van der Waals surface area contributed by atoms with E-state index in [0.29, 0.717) is 11.8 Å². The van der Waals surface area contributed by atoms with E-state index in [2.05, 4.69) is 237 Å².